The van der Waals surface area contributed by atoms with Crippen molar-refractivity contribution in [2.75, 3.05) is 5.73 Å². The monoisotopic (exact) mass is 330 g/mol. The van der Waals surface area contributed by atoms with Gasteiger partial charge in [0.1, 0.15) is 0 Å². The van der Waals surface area contributed by atoms with Crippen LogP contribution in [0.1, 0.15) is 21.7 Å². The van der Waals surface area contributed by atoms with E-state index in [0.717, 1.165) is 33.2 Å². The van der Waals surface area contributed by atoms with E-state index in [9.17, 15) is 4.79 Å². The number of aromatic amines is 1. The number of carbonyl (C=O) groups is 1. The average molecular weight is 330 g/mol. The van der Waals surface area contributed by atoms with Gasteiger partial charge in [-0.3, -0.25) is 9.78 Å². The molecule has 0 radical (unpaired) electrons. The first kappa shape index (κ1) is 15.2. The van der Waals surface area contributed by atoms with Gasteiger partial charge in [-0.25, -0.2) is 0 Å². The zero-order valence-corrected chi connectivity index (χ0v) is 13.8. The Labute approximate surface area is 144 Å². The molecule has 0 aliphatic heterocycles. The molecule has 0 bridgehead atoms. The van der Waals surface area contributed by atoms with Crippen molar-refractivity contribution in [1.29, 1.82) is 0 Å². The van der Waals surface area contributed by atoms with Crippen LogP contribution in [0.15, 0.2) is 54.6 Å². The van der Waals surface area contributed by atoms with E-state index in [0.29, 0.717) is 17.8 Å². The van der Waals surface area contributed by atoms with E-state index in [-0.39, 0.29) is 5.91 Å². The van der Waals surface area contributed by atoms with E-state index < -0.39 is 0 Å². The van der Waals surface area contributed by atoms with Crippen LogP contribution in [0, 0.1) is 6.92 Å². The minimum absolute atomic E-state index is 0.198. The van der Waals surface area contributed by atoms with Gasteiger partial charge in [0.25, 0.3) is 5.91 Å². The highest BCUT2D eigenvalue weighted by Crippen LogP contribution is 2.27. The Hall–Kier alpha value is -3.34. The fourth-order valence-corrected chi connectivity index (χ4v) is 3.13. The van der Waals surface area contributed by atoms with E-state index in [1.54, 1.807) is 18.2 Å². The van der Waals surface area contributed by atoms with Crippen molar-refractivity contribution >= 4 is 33.4 Å². The summed E-state index contributed by atoms with van der Waals surface area (Å²) in [5.41, 5.74) is 10.7. The number of carbonyl (C=O) groups excluding carboxylic acids is 1. The largest absolute Gasteiger partial charge is 0.398 e. The fourth-order valence-electron chi connectivity index (χ4n) is 3.13. The number of aromatic nitrogens is 2. The molecule has 2 aromatic heterocycles. The molecule has 0 saturated carbocycles. The molecule has 4 aromatic rings. The molecular weight excluding hydrogens is 312 g/mol. The summed E-state index contributed by atoms with van der Waals surface area (Å²) in [7, 11) is 0. The van der Waals surface area contributed by atoms with E-state index in [2.05, 4.69) is 27.4 Å². The lowest BCUT2D eigenvalue weighted by Gasteiger charge is -2.08. The number of nitrogens with two attached hydrogens (primary N) is 1. The zero-order valence-electron chi connectivity index (χ0n) is 13.8. The number of aryl methyl sites for hydroxylation is 1. The Balaban J connectivity index is 1.65. The third-order valence-electron chi connectivity index (χ3n) is 4.37. The minimum Gasteiger partial charge on any atom is -0.398 e. The summed E-state index contributed by atoms with van der Waals surface area (Å²) in [5.74, 6) is -0.198. The van der Waals surface area contributed by atoms with E-state index >= 15 is 0 Å². The summed E-state index contributed by atoms with van der Waals surface area (Å²) in [4.78, 5) is 20.3. The summed E-state index contributed by atoms with van der Waals surface area (Å²) >= 11 is 0. The number of nitrogen functional groups attached to an aromatic ring is 1. The van der Waals surface area contributed by atoms with Crippen LogP contribution in [0.2, 0.25) is 0 Å². The number of fused-ring (bicyclic) bond motifs is 3. The number of amides is 1. The molecule has 0 atom stereocenters. The van der Waals surface area contributed by atoms with Crippen LogP contribution in [-0.2, 0) is 6.54 Å². The van der Waals surface area contributed by atoms with Gasteiger partial charge in [-0.2, -0.15) is 0 Å². The van der Waals surface area contributed by atoms with Crippen molar-refractivity contribution in [2.45, 2.75) is 13.5 Å². The Morgan fingerprint density at radius 2 is 1.88 bits per heavy atom. The van der Waals surface area contributed by atoms with Crippen LogP contribution in [0.4, 0.5) is 5.69 Å². The van der Waals surface area contributed by atoms with Gasteiger partial charge in [-0.15, -0.1) is 0 Å². The highest BCUT2D eigenvalue weighted by molar-refractivity contribution is 6.08. The number of rotatable bonds is 3. The van der Waals surface area contributed by atoms with Crippen molar-refractivity contribution in [1.82, 2.24) is 15.3 Å². The molecule has 0 spiro atoms. The van der Waals surface area contributed by atoms with E-state index in [1.807, 2.05) is 31.2 Å². The number of anilines is 1. The predicted octanol–water partition coefficient (Wildman–Crippen LogP) is 3.54. The molecule has 0 fully saturated rings. The number of hydrogen-bond acceptors (Lipinski definition) is 3. The summed E-state index contributed by atoms with van der Waals surface area (Å²) in [6, 6.07) is 17.2. The first-order valence-electron chi connectivity index (χ1n) is 8.13. The lowest BCUT2D eigenvalue weighted by molar-refractivity contribution is 0.0951. The standard InChI is InChI=1S/C20H18N4O/c1-12-19-16(14-6-3-5-9-18(14)24-19)10-13(23-12)11-22-20(25)15-7-2-4-8-17(15)21/h2-10,24H,11,21H2,1H3,(H,22,25). The van der Waals surface area contributed by atoms with E-state index in [4.69, 9.17) is 5.73 Å². The number of H-pyrrole nitrogens is 1. The molecule has 2 aromatic carbocycles. The maximum absolute atomic E-state index is 12.3. The Bertz CT molecular complexity index is 1100. The van der Waals surface area contributed by atoms with Crippen LogP contribution in [0.5, 0.6) is 0 Å². The number of para-hydroxylation sites is 2. The van der Waals surface area contributed by atoms with Gasteiger partial charge in [-0.1, -0.05) is 30.3 Å². The van der Waals surface area contributed by atoms with Crippen molar-refractivity contribution < 1.29 is 4.79 Å². The molecule has 124 valence electrons. The average Bonchev–Trinajstić information content (AvgIpc) is 3.00. The summed E-state index contributed by atoms with van der Waals surface area (Å²) in [6.07, 6.45) is 0. The van der Waals surface area contributed by atoms with Gasteiger partial charge in [0, 0.05) is 22.0 Å². The normalized spacial score (nSPS) is 11.1. The van der Waals surface area contributed by atoms with Crippen LogP contribution in [0.25, 0.3) is 21.8 Å². The molecule has 0 aliphatic rings. The number of benzene rings is 2. The van der Waals surface area contributed by atoms with Gasteiger partial charge in [0.05, 0.1) is 29.0 Å². The highest BCUT2D eigenvalue weighted by atomic mass is 16.1. The van der Waals surface area contributed by atoms with Crippen molar-refractivity contribution in [3.8, 4) is 0 Å². The van der Waals surface area contributed by atoms with Crippen LogP contribution in [-0.4, -0.2) is 15.9 Å². The van der Waals surface area contributed by atoms with Gasteiger partial charge < -0.3 is 16.0 Å². The predicted molar refractivity (Wildman–Crippen MR) is 100 cm³/mol. The lowest BCUT2D eigenvalue weighted by Crippen LogP contribution is -2.24. The molecule has 0 aliphatic carbocycles. The highest BCUT2D eigenvalue weighted by Gasteiger charge is 2.11. The molecular formula is C20H18N4O. The van der Waals surface area contributed by atoms with Gasteiger partial charge in [-0.05, 0) is 31.2 Å². The number of nitrogens with zero attached hydrogens (tertiary/aromatic N) is 1. The quantitative estimate of drug-likeness (QED) is 0.502. The topological polar surface area (TPSA) is 83.8 Å². The molecule has 0 saturated heterocycles. The molecule has 25 heavy (non-hydrogen) atoms. The summed E-state index contributed by atoms with van der Waals surface area (Å²) in [5, 5.41) is 5.17. The van der Waals surface area contributed by atoms with Gasteiger partial charge in [0.2, 0.25) is 0 Å². The Morgan fingerprint density at radius 1 is 1.12 bits per heavy atom. The molecule has 0 unspecified atom stereocenters. The van der Waals surface area contributed by atoms with Crippen LogP contribution in [0.3, 0.4) is 0 Å². The summed E-state index contributed by atoms with van der Waals surface area (Å²) in [6.45, 7) is 2.32. The molecule has 4 N–H and O–H groups in total. The molecule has 1 amide bonds. The SMILES string of the molecule is Cc1nc(CNC(=O)c2ccccc2N)cc2c1[nH]c1ccccc12. The van der Waals surface area contributed by atoms with Crippen LogP contribution < -0.4 is 11.1 Å². The zero-order chi connectivity index (χ0) is 17.4. The second-order valence-electron chi connectivity index (χ2n) is 6.06. The third-order valence-corrected chi connectivity index (χ3v) is 4.37. The van der Waals surface area contributed by atoms with Crippen molar-refractivity contribution in [3.05, 3.63) is 71.5 Å². The first-order chi connectivity index (χ1) is 12.1. The molecule has 5 heteroatoms. The lowest BCUT2D eigenvalue weighted by atomic mass is 10.1. The minimum atomic E-state index is -0.198. The number of nitrogens with one attached hydrogen (secondary N) is 2. The van der Waals surface area contributed by atoms with Crippen LogP contribution >= 0.6 is 0 Å². The van der Waals surface area contributed by atoms with Crippen molar-refractivity contribution in [3.63, 3.8) is 0 Å². The van der Waals surface area contributed by atoms with Gasteiger partial charge >= 0.3 is 0 Å². The Kier molecular flexibility index (Phi) is 3.61. The van der Waals surface area contributed by atoms with Crippen molar-refractivity contribution in [2.24, 2.45) is 0 Å². The number of hydrogen-bond donors (Lipinski definition) is 3. The summed E-state index contributed by atoms with van der Waals surface area (Å²) < 4.78 is 0. The molecule has 4 rings (SSSR count). The fraction of sp³-hybridized carbons (Fsp3) is 0.100. The Morgan fingerprint density at radius 3 is 2.72 bits per heavy atom. The second-order valence-corrected chi connectivity index (χ2v) is 6.06. The maximum Gasteiger partial charge on any atom is 0.253 e. The smallest absolute Gasteiger partial charge is 0.253 e. The first-order valence-corrected chi connectivity index (χ1v) is 8.13. The second kappa shape index (κ2) is 5.94. The van der Waals surface area contributed by atoms with Gasteiger partial charge in [0.15, 0.2) is 0 Å². The molecule has 2 heterocycles. The number of pyridine rings is 1. The third kappa shape index (κ3) is 2.70. The van der Waals surface area contributed by atoms with E-state index in [1.165, 1.54) is 0 Å². The maximum atomic E-state index is 12.3. The molecule has 5 nitrogen and oxygen atoms in total.